The highest BCUT2D eigenvalue weighted by atomic mass is 35.5. The van der Waals surface area contributed by atoms with E-state index in [9.17, 15) is 8.42 Å². The summed E-state index contributed by atoms with van der Waals surface area (Å²) in [6.07, 6.45) is 0. The van der Waals surface area contributed by atoms with Gasteiger partial charge < -0.3 is 5.73 Å². The summed E-state index contributed by atoms with van der Waals surface area (Å²) in [5.41, 5.74) is 8.09. The quantitative estimate of drug-likeness (QED) is 0.324. The van der Waals surface area contributed by atoms with Crippen LogP contribution < -0.4 is 10.5 Å². The van der Waals surface area contributed by atoms with Gasteiger partial charge in [-0.3, -0.25) is 4.72 Å². The van der Waals surface area contributed by atoms with Crippen molar-refractivity contribution in [1.29, 1.82) is 0 Å². The fourth-order valence-electron chi connectivity index (χ4n) is 2.76. The Bertz CT molecular complexity index is 1360. The molecule has 0 fully saturated rings. The zero-order valence-electron chi connectivity index (χ0n) is 15.9. The molecule has 0 spiro atoms. The van der Waals surface area contributed by atoms with Gasteiger partial charge in [0.1, 0.15) is 5.69 Å². The molecule has 4 rings (SSSR count). The van der Waals surface area contributed by atoms with Gasteiger partial charge in [0, 0.05) is 10.6 Å². The summed E-state index contributed by atoms with van der Waals surface area (Å²) < 4.78 is 28.0. The Morgan fingerprint density at radius 3 is 2.48 bits per heavy atom. The molecule has 0 saturated carbocycles. The first kappa shape index (κ1) is 21.0. The highest BCUT2D eigenvalue weighted by molar-refractivity contribution is 7.92. The fraction of sp³-hybridized carbons (Fsp3) is 0. The molecule has 0 aliphatic heterocycles. The van der Waals surface area contributed by atoms with Gasteiger partial charge in [-0.2, -0.15) is 0 Å². The number of nitrogens with two attached hydrogens (primary N) is 1. The summed E-state index contributed by atoms with van der Waals surface area (Å²) in [7, 11) is -3.82. The molecule has 3 aromatic carbocycles. The number of rotatable bonds is 6. The predicted molar refractivity (Wildman–Crippen MR) is 125 cm³/mol. The molecular formula is C21H16ClN5O2S2. The third-order valence-electron chi connectivity index (χ3n) is 4.13. The molecule has 0 unspecified atom stereocenters. The van der Waals surface area contributed by atoms with Crippen molar-refractivity contribution < 1.29 is 8.42 Å². The molecule has 0 bridgehead atoms. The molecule has 0 aliphatic rings. The van der Waals surface area contributed by atoms with Gasteiger partial charge in [-0.25, -0.2) is 13.4 Å². The van der Waals surface area contributed by atoms with Gasteiger partial charge in [0.15, 0.2) is 10.1 Å². The predicted octanol–water partition coefficient (Wildman–Crippen LogP) is 6.26. The van der Waals surface area contributed by atoms with Crippen LogP contribution in [0.3, 0.4) is 0 Å². The second kappa shape index (κ2) is 8.84. The number of benzene rings is 3. The minimum absolute atomic E-state index is 0.0519. The first-order valence-electron chi connectivity index (χ1n) is 9.03. The number of nitrogens with zero attached hydrogens (tertiary/aromatic N) is 3. The van der Waals surface area contributed by atoms with Crippen molar-refractivity contribution >= 4 is 54.5 Å². The number of aromatic nitrogens is 1. The number of anilines is 2. The Morgan fingerprint density at radius 1 is 0.935 bits per heavy atom. The largest absolute Gasteiger partial charge is 0.375 e. The van der Waals surface area contributed by atoms with Crippen molar-refractivity contribution in [2.75, 3.05) is 10.5 Å². The van der Waals surface area contributed by atoms with E-state index in [1.807, 2.05) is 30.3 Å². The number of hydrogen-bond donors (Lipinski definition) is 2. The van der Waals surface area contributed by atoms with Crippen LogP contribution in [-0.4, -0.2) is 13.4 Å². The van der Waals surface area contributed by atoms with Crippen molar-refractivity contribution in [3.8, 4) is 11.3 Å². The van der Waals surface area contributed by atoms with E-state index in [0.29, 0.717) is 32.2 Å². The standard InChI is InChI=1S/C21H16ClN5O2S2/c22-15-8-4-10-17(12-15)27-31(28,29)18-11-5-9-16(13-18)25-26-20-19(24-21(23)30-20)14-6-2-1-3-7-14/h1-13,27H,(H2,23,24). The lowest BCUT2D eigenvalue weighted by Crippen LogP contribution is -2.12. The molecule has 31 heavy (non-hydrogen) atoms. The molecule has 0 aliphatic carbocycles. The average Bonchev–Trinajstić information content (AvgIpc) is 3.13. The normalized spacial score (nSPS) is 11.6. The van der Waals surface area contributed by atoms with Crippen LogP contribution >= 0.6 is 22.9 Å². The van der Waals surface area contributed by atoms with Gasteiger partial charge in [0.05, 0.1) is 16.3 Å². The summed E-state index contributed by atoms with van der Waals surface area (Å²) in [6, 6.07) is 22.2. The van der Waals surface area contributed by atoms with Crippen LogP contribution in [0.25, 0.3) is 11.3 Å². The lowest BCUT2D eigenvalue weighted by molar-refractivity contribution is 0.601. The lowest BCUT2D eigenvalue weighted by atomic mass is 10.2. The van der Waals surface area contributed by atoms with E-state index in [1.165, 1.54) is 29.5 Å². The molecule has 156 valence electrons. The molecular weight excluding hydrogens is 454 g/mol. The zero-order chi connectivity index (χ0) is 21.8. The van der Waals surface area contributed by atoms with Crippen LogP contribution in [0.15, 0.2) is 94.0 Å². The number of hydrogen-bond acceptors (Lipinski definition) is 7. The smallest absolute Gasteiger partial charge is 0.261 e. The first-order valence-corrected chi connectivity index (χ1v) is 11.7. The van der Waals surface area contributed by atoms with E-state index >= 15 is 0 Å². The van der Waals surface area contributed by atoms with Crippen molar-refractivity contribution in [2.24, 2.45) is 10.2 Å². The topological polar surface area (TPSA) is 110 Å². The number of nitrogen functional groups attached to an aromatic ring is 1. The van der Waals surface area contributed by atoms with Crippen LogP contribution in [0.5, 0.6) is 0 Å². The van der Waals surface area contributed by atoms with Crippen molar-refractivity contribution in [2.45, 2.75) is 4.90 Å². The second-order valence-electron chi connectivity index (χ2n) is 6.39. The highest BCUT2D eigenvalue weighted by Gasteiger charge is 2.15. The van der Waals surface area contributed by atoms with Gasteiger partial charge in [0.25, 0.3) is 10.0 Å². The summed E-state index contributed by atoms with van der Waals surface area (Å²) in [6.45, 7) is 0. The fourth-order valence-corrected chi connectivity index (χ4v) is 4.72. The SMILES string of the molecule is Nc1nc(-c2ccccc2)c(N=Nc2cccc(S(=O)(=O)Nc3cccc(Cl)c3)c2)s1. The van der Waals surface area contributed by atoms with Crippen molar-refractivity contribution in [3.05, 3.63) is 83.9 Å². The molecule has 1 heterocycles. The van der Waals surface area contributed by atoms with Gasteiger partial charge >= 0.3 is 0 Å². The van der Waals surface area contributed by atoms with E-state index in [0.717, 1.165) is 5.56 Å². The van der Waals surface area contributed by atoms with E-state index in [4.69, 9.17) is 17.3 Å². The summed E-state index contributed by atoms with van der Waals surface area (Å²) in [5, 5.41) is 9.80. The van der Waals surface area contributed by atoms with Crippen LogP contribution in [0, 0.1) is 0 Å². The molecule has 0 atom stereocenters. The number of thiazole rings is 1. The molecule has 7 nitrogen and oxygen atoms in total. The van der Waals surface area contributed by atoms with E-state index in [1.54, 1.807) is 30.3 Å². The Balaban J connectivity index is 1.61. The molecule has 3 N–H and O–H groups in total. The van der Waals surface area contributed by atoms with Gasteiger partial charge in [-0.05, 0) is 36.4 Å². The lowest BCUT2D eigenvalue weighted by Gasteiger charge is -2.08. The average molecular weight is 470 g/mol. The Morgan fingerprint density at radius 2 is 1.71 bits per heavy atom. The first-order chi connectivity index (χ1) is 14.9. The summed E-state index contributed by atoms with van der Waals surface area (Å²) in [4.78, 5) is 4.38. The van der Waals surface area contributed by atoms with E-state index in [-0.39, 0.29) is 4.90 Å². The minimum atomic E-state index is -3.82. The van der Waals surface area contributed by atoms with Gasteiger partial charge in [0.2, 0.25) is 0 Å². The van der Waals surface area contributed by atoms with E-state index in [2.05, 4.69) is 19.9 Å². The molecule has 0 radical (unpaired) electrons. The summed E-state index contributed by atoms with van der Waals surface area (Å²) >= 11 is 7.13. The maximum absolute atomic E-state index is 12.7. The Hall–Kier alpha value is -3.27. The van der Waals surface area contributed by atoms with Crippen molar-refractivity contribution in [1.82, 2.24) is 4.98 Å². The molecule has 4 aromatic rings. The third kappa shape index (κ3) is 5.08. The van der Waals surface area contributed by atoms with Crippen LogP contribution in [0.1, 0.15) is 0 Å². The van der Waals surface area contributed by atoms with Crippen LogP contribution in [0.4, 0.5) is 21.5 Å². The molecule has 1 aromatic heterocycles. The highest BCUT2D eigenvalue weighted by Crippen LogP contribution is 2.37. The molecule has 0 saturated heterocycles. The third-order valence-corrected chi connectivity index (χ3v) is 6.52. The number of azo groups is 1. The molecule has 0 amide bonds. The summed E-state index contributed by atoms with van der Waals surface area (Å²) in [5.74, 6) is 0. The maximum atomic E-state index is 12.7. The van der Waals surface area contributed by atoms with Crippen molar-refractivity contribution in [3.63, 3.8) is 0 Å². The Kier molecular flexibility index (Phi) is 5.99. The number of sulfonamides is 1. The van der Waals surface area contributed by atoms with Crippen LogP contribution in [0.2, 0.25) is 5.02 Å². The number of halogens is 1. The maximum Gasteiger partial charge on any atom is 0.261 e. The number of nitrogens with one attached hydrogen (secondary N) is 1. The van der Waals surface area contributed by atoms with Crippen LogP contribution in [-0.2, 0) is 10.0 Å². The Labute approximate surface area is 188 Å². The minimum Gasteiger partial charge on any atom is -0.375 e. The zero-order valence-corrected chi connectivity index (χ0v) is 18.3. The monoisotopic (exact) mass is 469 g/mol. The van der Waals surface area contributed by atoms with Gasteiger partial charge in [-0.1, -0.05) is 65.4 Å². The van der Waals surface area contributed by atoms with Gasteiger partial charge in [-0.15, -0.1) is 10.2 Å². The molecule has 10 heteroatoms. The van der Waals surface area contributed by atoms with E-state index < -0.39 is 10.0 Å². The second-order valence-corrected chi connectivity index (χ2v) is 9.51.